The van der Waals surface area contributed by atoms with E-state index in [1.165, 1.54) is 6.07 Å². The predicted molar refractivity (Wildman–Crippen MR) is 77.3 cm³/mol. The number of benzene rings is 2. The second-order valence-corrected chi connectivity index (χ2v) is 4.63. The molecule has 0 atom stereocenters. The van der Waals surface area contributed by atoms with Crippen molar-refractivity contribution in [3.8, 4) is 0 Å². The van der Waals surface area contributed by atoms with Gasteiger partial charge in [0.15, 0.2) is 0 Å². The maximum absolute atomic E-state index is 11.2. The Morgan fingerprint density at radius 2 is 1.95 bits per heavy atom. The summed E-state index contributed by atoms with van der Waals surface area (Å²) in [5.41, 5.74) is 8.40. The number of aryl methyl sites for hydroxylation is 1. The molecule has 5 heteroatoms. The molecule has 0 amide bonds. The highest BCUT2D eigenvalue weighted by Gasteiger charge is 2.11. The molecule has 2 aromatic rings. The van der Waals surface area contributed by atoms with E-state index in [-0.39, 0.29) is 5.56 Å². The number of carboxylic acid groups (broad SMARTS) is 1. The number of nitrogen functional groups attached to an aromatic ring is 1. The van der Waals surface area contributed by atoms with Crippen molar-refractivity contribution in [3.05, 3.63) is 52.5 Å². The third kappa shape index (κ3) is 2.98. The van der Waals surface area contributed by atoms with Crippen molar-refractivity contribution in [2.24, 2.45) is 0 Å². The Kier molecular flexibility index (Phi) is 3.62. The van der Waals surface area contributed by atoms with Crippen molar-refractivity contribution in [2.45, 2.75) is 6.92 Å². The zero-order chi connectivity index (χ0) is 14.0. The standard InChI is InChI=1S/C14H13ClN2O2/c1-8-2-5-11(15)13(6-8)17-12-7-9(16)3-4-10(12)14(18)19/h2-7,17H,16H2,1H3,(H,18,19). The Morgan fingerprint density at radius 1 is 1.21 bits per heavy atom. The number of halogens is 1. The van der Waals surface area contributed by atoms with E-state index in [0.29, 0.717) is 22.1 Å². The average molecular weight is 277 g/mol. The van der Waals surface area contributed by atoms with Crippen LogP contribution in [0.3, 0.4) is 0 Å². The first-order chi connectivity index (χ1) is 8.97. The minimum atomic E-state index is -1.02. The fourth-order valence-corrected chi connectivity index (χ4v) is 1.90. The molecular weight excluding hydrogens is 264 g/mol. The van der Waals surface area contributed by atoms with E-state index in [4.69, 9.17) is 22.4 Å². The van der Waals surface area contributed by atoms with Crippen molar-refractivity contribution in [3.63, 3.8) is 0 Å². The van der Waals surface area contributed by atoms with E-state index < -0.39 is 5.97 Å². The molecule has 0 bridgehead atoms. The van der Waals surface area contributed by atoms with Gasteiger partial charge < -0.3 is 16.2 Å². The Hall–Kier alpha value is -2.20. The summed E-state index contributed by atoms with van der Waals surface area (Å²) in [6, 6.07) is 10.1. The van der Waals surface area contributed by atoms with Crippen molar-refractivity contribution in [2.75, 3.05) is 11.1 Å². The Morgan fingerprint density at radius 3 is 2.63 bits per heavy atom. The summed E-state index contributed by atoms with van der Waals surface area (Å²) in [6.07, 6.45) is 0. The zero-order valence-corrected chi connectivity index (χ0v) is 11.0. The molecule has 0 spiro atoms. The highest BCUT2D eigenvalue weighted by atomic mass is 35.5. The van der Waals surface area contributed by atoms with Crippen LogP contribution in [0.4, 0.5) is 17.1 Å². The van der Waals surface area contributed by atoms with Crippen molar-refractivity contribution in [1.82, 2.24) is 0 Å². The van der Waals surface area contributed by atoms with Crippen LogP contribution in [-0.4, -0.2) is 11.1 Å². The summed E-state index contributed by atoms with van der Waals surface area (Å²) < 4.78 is 0. The summed E-state index contributed by atoms with van der Waals surface area (Å²) in [7, 11) is 0. The molecule has 19 heavy (non-hydrogen) atoms. The lowest BCUT2D eigenvalue weighted by molar-refractivity contribution is 0.0698. The fraction of sp³-hybridized carbons (Fsp3) is 0.0714. The van der Waals surface area contributed by atoms with Gasteiger partial charge in [-0.15, -0.1) is 0 Å². The van der Waals surface area contributed by atoms with Gasteiger partial charge in [0.25, 0.3) is 0 Å². The average Bonchev–Trinajstić information content (AvgIpc) is 2.33. The molecule has 0 aliphatic heterocycles. The number of aromatic carboxylic acids is 1. The van der Waals surface area contributed by atoms with Gasteiger partial charge in [0.05, 0.1) is 22.0 Å². The monoisotopic (exact) mass is 276 g/mol. The summed E-state index contributed by atoms with van der Waals surface area (Å²) >= 11 is 6.08. The van der Waals surface area contributed by atoms with E-state index in [1.807, 2.05) is 19.1 Å². The lowest BCUT2D eigenvalue weighted by Crippen LogP contribution is -2.04. The van der Waals surface area contributed by atoms with Gasteiger partial charge in [-0.05, 0) is 42.8 Å². The molecule has 0 fully saturated rings. The molecule has 2 rings (SSSR count). The Bertz CT molecular complexity index is 641. The van der Waals surface area contributed by atoms with Crippen LogP contribution in [0.15, 0.2) is 36.4 Å². The van der Waals surface area contributed by atoms with Crippen LogP contribution in [0.2, 0.25) is 5.02 Å². The van der Waals surface area contributed by atoms with Crippen molar-refractivity contribution in [1.29, 1.82) is 0 Å². The summed E-state index contributed by atoms with van der Waals surface area (Å²) in [4.78, 5) is 11.2. The highest BCUT2D eigenvalue weighted by Crippen LogP contribution is 2.29. The molecule has 0 heterocycles. The molecule has 4 nitrogen and oxygen atoms in total. The van der Waals surface area contributed by atoms with E-state index in [9.17, 15) is 4.79 Å². The van der Waals surface area contributed by atoms with Crippen LogP contribution in [-0.2, 0) is 0 Å². The molecule has 0 aliphatic carbocycles. The molecule has 0 aromatic heterocycles. The summed E-state index contributed by atoms with van der Waals surface area (Å²) in [6.45, 7) is 1.93. The number of carboxylic acids is 1. The van der Waals surface area contributed by atoms with Crippen molar-refractivity contribution < 1.29 is 9.90 Å². The lowest BCUT2D eigenvalue weighted by Gasteiger charge is -2.12. The molecular formula is C14H13ClN2O2. The van der Waals surface area contributed by atoms with Crippen LogP contribution < -0.4 is 11.1 Å². The van der Waals surface area contributed by atoms with E-state index in [0.717, 1.165) is 5.56 Å². The molecule has 2 aromatic carbocycles. The quantitative estimate of drug-likeness (QED) is 0.748. The maximum atomic E-state index is 11.2. The van der Waals surface area contributed by atoms with Crippen LogP contribution in [0.5, 0.6) is 0 Å². The first-order valence-corrected chi connectivity index (χ1v) is 6.01. The molecule has 98 valence electrons. The summed E-state index contributed by atoms with van der Waals surface area (Å²) in [5.74, 6) is -1.02. The van der Waals surface area contributed by atoms with Gasteiger partial charge in [-0.3, -0.25) is 0 Å². The maximum Gasteiger partial charge on any atom is 0.337 e. The smallest absolute Gasteiger partial charge is 0.337 e. The molecule has 0 saturated carbocycles. The minimum absolute atomic E-state index is 0.145. The highest BCUT2D eigenvalue weighted by molar-refractivity contribution is 6.33. The van der Waals surface area contributed by atoms with Gasteiger partial charge in [-0.25, -0.2) is 4.79 Å². The number of hydrogen-bond donors (Lipinski definition) is 3. The number of nitrogens with one attached hydrogen (secondary N) is 1. The summed E-state index contributed by atoms with van der Waals surface area (Å²) in [5, 5.41) is 12.7. The molecule has 0 radical (unpaired) electrons. The van der Waals surface area contributed by atoms with E-state index in [2.05, 4.69) is 5.32 Å². The number of carbonyl (C=O) groups is 1. The van der Waals surface area contributed by atoms with Gasteiger partial charge in [0.1, 0.15) is 0 Å². The topological polar surface area (TPSA) is 75.3 Å². The van der Waals surface area contributed by atoms with Gasteiger partial charge in [0.2, 0.25) is 0 Å². The van der Waals surface area contributed by atoms with E-state index >= 15 is 0 Å². The first kappa shape index (κ1) is 13.2. The lowest BCUT2D eigenvalue weighted by atomic mass is 10.1. The van der Waals surface area contributed by atoms with Gasteiger partial charge in [-0.1, -0.05) is 17.7 Å². The van der Waals surface area contributed by atoms with Gasteiger partial charge in [-0.2, -0.15) is 0 Å². The van der Waals surface area contributed by atoms with Crippen LogP contribution in [0.25, 0.3) is 0 Å². The van der Waals surface area contributed by atoms with Crippen LogP contribution in [0.1, 0.15) is 15.9 Å². The Balaban J connectivity index is 2.45. The molecule has 0 unspecified atom stereocenters. The SMILES string of the molecule is Cc1ccc(Cl)c(Nc2cc(N)ccc2C(=O)O)c1. The number of rotatable bonds is 3. The number of anilines is 3. The number of hydrogen-bond acceptors (Lipinski definition) is 3. The zero-order valence-electron chi connectivity index (χ0n) is 10.3. The van der Waals surface area contributed by atoms with Crippen LogP contribution in [0, 0.1) is 6.92 Å². The third-order valence-electron chi connectivity index (χ3n) is 2.67. The Labute approximate surface area is 115 Å². The second-order valence-electron chi connectivity index (χ2n) is 4.22. The first-order valence-electron chi connectivity index (χ1n) is 5.63. The minimum Gasteiger partial charge on any atom is -0.478 e. The normalized spacial score (nSPS) is 10.2. The molecule has 0 aliphatic rings. The molecule has 0 saturated heterocycles. The van der Waals surface area contributed by atoms with Crippen LogP contribution >= 0.6 is 11.6 Å². The predicted octanol–water partition coefficient (Wildman–Crippen LogP) is 3.67. The largest absolute Gasteiger partial charge is 0.478 e. The molecule has 4 N–H and O–H groups in total. The number of nitrogens with two attached hydrogens (primary N) is 1. The third-order valence-corrected chi connectivity index (χ3v) is 2.99. The fourth-order valence-electron chi connectivity index (χ4n) is 1.73. The van der Waals surface area contributed by atoms with E-state index in [1.54, 1.807) is 18.2 Å². The van der Waals surface area contributed by atoms with Crippen molar-refractivity contribution >= 4 is 34.6 Å². The van der Waals surface area contributed by atoms with Gasteiger partial charge >= 0.3 is 5.97 Å². The second kappa shape index (κ2) is 5.20. The van der Waals surface area contributed by atoms with Gasteiger partial charge in [0, 0.05) is 5.69 Å².